The summed E-state index contributed by atoms with van der Waals surface area (Å²) in [5.74, 6) is 1.97. The highest BCUT2D eigenvalue weighted by Crippen LogP contribution is 2.23. The number of nitrogens with two attached hydrogens (primary N) is 1. The zero-order valence-electron chi connectivity index (χ0n) is 14.3. The Balaban J connectivity index is 1.34. The maximum absolute atomic E-state index is 6.03. The molecule has 2 aromatic carbocycles. The number of hydrogen-bond acceptors (Lipinski definition) is 4. The van der Waals surface area contributed by atoms with Gasteiger partial charge in [0.25, 0.3) is 0 Å². The van der Waals surface area contributed by atoms with Crippen LogP contribution in [0.4, 0.5) is 11.4 Å². The van der Waals surface area contributed by atoms with Gasteiger partial charge in [-0.2, -0.15) is 0 Å². The van der Waals surface area contributed by atoms with Crippen molar-refractivity contribution in [3.05, 3.63) is 72.5 Å². The average Bonchev–Trinajstić information content (AvgIpc) is 3.12. The van der Waals surface area contributed by atoms with Crippen molar-refractivity contribution in [2.24, 2.45) is 0 Å². The molecule has 4 nitrogen and oxygen atoms in total. The summed E-state index contributed by atoms with van der Waals surface area (Å²) >= 11 is 0. The monoisotopic (exact) mass is 333 g/mol. The van der Waals surface area contributed by atoms with Crippen LogP contribution in [-0.2, 0) is 6.54 Å². The van der Waals surface area contributed by atoms with Gasteiger partial charge in [-0.15, -0.1) is 0 Å². The smallest absolute Gasteiger partial charge is 0.134 e. The van der Waals surface area contributed by atoms with E-state index in [0.717, 1.165) is 55.5 Å². The van der Waals surface area contributed by atoms with E-state index in [1.54, 1.807) is 0 Å². The van der Waals surface area contributed by atoms with E-state index in [1.165, 1.54) is 5.69 Å². The molecule has 0 amide bonds. The molecule has 0 bridgehead atoms. The topological polar surface area (TPSA) is 45.6 Å². The van der Waals surface area contributed by atoms with Crippen LogP contribution in [0.2, 0.25) is 0 Å². The molecule has 0 atom stereocenters. The minimum Gasteiger partial charge on any atom is -0.460 e. The normalized spacial score (nSPS) is 15.4. The summed E-state index contributed by atoms with van der Waals surface area (Å²) < 4.78 is 6.03. The molecule has 4 heteroatoms. The second-order valence-electron chi connectivity index (χ2n) is 6.49. The number of rotatable bonds is 4. The molecule has 2 heterocycles. The first-order valence-corrected chi connectivity index (χ1v) is 8.75. The fraction of sp³-hybridized carbons (Fsp3) is 0.238. The molecule has 0 aliphatic carbocycles. The lowest BCUT2D eigenvalue weighted by Crippen LogP contribution is -2.45. The van der Waals surface area contributed by atoms with Gasteiger partial charge in [0, 0.05) is 43.1 Å². The van der Waals surface area contributed by atoms with Gasteiger partial charge < -0.3 is 15.1 Å². The average molecular weight is 333 g/mol. The Morgan fingerprint density at radius 3 is 2.24 bits per heavy atom. The summed E-state index contributed by atoms with van der Waals surface area (Å²) in [4.78, 5) is 4.86. The standard InChI is InChI=1S/C21H23N3O/c22-18-6-8-19(9-7-18)24-14-12-23(13-15-24)16-20-10-11-21(25-20)17-4-2-1-3-5-17/h1-11H,12-16,22H2. The summed E-state index contributed by atoms with van der Waals surface area (Å²) in [6, 6.07) is 22.5. The van der Waals surface area contributed by atoms with Crippen molar-refractivity contribution >= 4 is 11.4 Å². The molecule has 1 saturated heterocycles. The van der Waals surface area contributed by atoms with Crippen LogP contribution >= 0.6 is 0 Å². The highest BCUT2D eigenvalue weighted by atomic mass is 16.3. The first-order valence-electron chi connectivity index (χ1n) is 8.75. The third-order valence-electron chi connectivity index (χ3n) is 4.73. The first kappa shape index (κ1) is 15.8. The van der Waals surface area contributed by atoms with E-state index in [2.05, 4.69) is 46.2 Å². The lowest BCUT2D eigenvalue weighted by Gasteiger charge is -2.35. The fourth-order valence-electron chi connectivity index (χ4n) is 3.29. The summed E-state index contributed by atoms with van der Waals surface area (Å²) in [7, 11) is 0. The van der Waals surface area contributed by atoms with E-state index >= 15 is 0 Å². The molecule has 128 valence electrons. The molecule has 3 aromatic rings. The van der Waals surface area contributed by atoms with E-state index in [-0.39, 0.29) is 0 Å². The Morgan fingerprint density at radius 1 is 0.800 bits per heavy atom. The molecular formula is C21H23N3O. The van der Waals surface area contributed by atoms with Crippen LogP contribution in [0.25, 0.3) is 11.3 Å². The first-order chi connectivity index (χ1) is 12.3. The molecule has 0 spiro atoms. The third kappa shape index (κ3) is 3.69. The second kappa shape index (κ2) is 7.03. The highest BCUT2D eigenvalue weighted by Gasteiger charge is 2.18. The van der Waals surface area contributed by atoms with Crippen LogP contribution < -0.4 is 10.6 Å². The summed E-state index contributed by atoms with van der Waals surface area (Å²) in [5, 5.41) is 0. The van der Waals surface area contributed by atoms with Gasteiger partial charge in [-0.1, -0.05) is 30.3 Å². The third-order valence-corrected chi connectivity index (χ3v) is 4.73. The highest BCUT2D eigenvalue weighted by molar-refractivity contribution is 5.57. The van der Waals surface area contributed by atoms with Gasteiger partial charge in [0.15, 0.2) is 0 Å². The van der Waals surface area contributed by atoms with Gasteiger partial charge >= 0.3 is 0 Å². The summed E-state index contributed by atoms with van der Waals surface area (Å²) in [5.41, 5.74) is 8.96. The van der Waals surface area contributed by atoms with Crippen molar-refractivity contribution in [1.29, 1.82) is 0 Å². The largest absolute Gasteiger partial charge is 0.460 e. The van der Waals surface area contributed by atoms with Gasteiger partial charge in [-0.3, -0.25) is 4.90 Å². The minimum absolute atomic E-state index is 0.814. The number of piperazine rings is 1. The van der Waals surface area contributed by atoms with Crippen LogP contribution in [0.3, 0.4) is 0 Å². The van der Waals surface area contributed by atoms with Crippen molar-refractivity contribution in [2.75, 3.05) is 36.8 Å². The molecule has 1 aliphatic heterocycles. The van der Waals surface area contributed by atoms with E-state index < -0.39 is 0 Å². The number of nitrogens with zero attached hydrogens (tertiary/aromatic N) is 2. The summed E-state index contributed by atoms with van der Waals surface area (Å²) in [6.07, 6.45) is 0. The Morgan fingerprint density at radius 2 is 1.52 bits per heavy atom. The van der Waals surface area contributed by atoms with Gasteiger partial charge in [0.2, 0.25) is 0 Å². The molecule has 0 radical (unpaired) electrons. The molecule has 1 aliphatic rings. The van der Waals surface area contributed by atoms with Gasteiger partial charge in [-0.25, -0.2) is 0 Å². The molecule has 2 N–H and O–H groups in total. The number of furan rings is 1. The number of anilines is 2. The molecular weight excluding hydrogens is 310 g/mol. The van der Waals surface area contributed by atoms with Crippen molar-refractivity contribution in [3.8, 4) is 11.3 Å². The van der Waals surface area contributed by atoms with E-state index in [0.29, 0.717) is 0 Å². The Bertz CT molecular complexity index is 803. The van der Waals surface area contributed by atoms with Crippen LogP contribution in [0.1, 0.15) is 5.76 Å². The SMILES string of the molecule is Nc1ccc(N2CCN(Cc3ccc(-c4ccccc4)o3)CC2)cc1. The van der Waals surface area contributed by atoms with E-state index in [4.69, 9.17) is 10.2 Å². The number of benzene rings is 2. The van der Waals surface area contributed by atoms with Crippen LogP contribution in [-0.4, -0.2) is 31.1 Å². The predicted molar refractivity (Wildman–Crippen MR) is 102 cm³/mol. The van der Waals surface area contributed by atoms with Crippen molar-refractivity contribution in [3.63, 3.8) is 0 Å². The Kier molecular flexibility index (Phi) is 4.44. The van der Waals surface area contributed by atoms with Gasteiger partial charge in [0.05, 0.1) is 6.54 Å². The van der Waals surface area contributed by atoms with Crippen molar-refractivity contribution < 1.29 is 4.42 Å². The predicted octanol–water partition coefficient (Wildman–Crippen LogP) is 3.85. The Hall–Kier alpha value is -2.72. The molecule has 0 saturated carbocycles. The molecule has 25 heavy (non-hydrogen) atoms. The quantitative estimate of drug-likeness (QED) is 0.737. The van der Waals surface area contributed by atoms with Crippen LogP contribution in [0.5, 0.6) is 0 Å². The fourth-order valence-corrected chi connectivity index (χ4v) is 3.29. The second-order valence-corrected chi connectivity index (χ2v) is 6.49. The van der Waals surface area contributed by atoms with Crippen LogP contribution in [0.15, 0.2) is 71.1 Å². The van der Waals surface area contributed by atoms with Crippen molar-refractivity contribution in [2.45, 2.75) is 6.54 Å². The zero-order valence-corrected chi connectivity index (χ0v) is 14.3. The van der Waals surface area contributed by atoms with Crippen LogP contribution in [0, 0.1) is 0 Å². The minimum atomic E-state index is 0.814. The molecule has 1 fully saturated rings. The van der Waals surface area contributed by atoms with Crippen molar-refractivity contribution in [1.82, 2.24) is 4.90 Å². The lowest BCUT2D eigenvalue weighted by molar-refractivity contribution is 0.231. The zero-order chi connectivity index (χ0) is 17.1. The molecule has 4 rings (SSSR count). The lowest BCUT2D eigenvalue weighted by atomic mass is 10.2. The van der Waals surface area contributed by atoms with Gasteiger partial charge in [-0.05, 0) is 36.4 Å². The molecule has 0 unspecified atom stereocenters. The maximum atomic E-state index is 6.03. The van der Waals surface area contributed by atoms with Gasteiger partial charge in [0.1, 0.15) is 11.5 Å². The summed E-state index contributed by atoms with van der Waals surface area (Å²) in [6.45, 7) is 4.98. The molecule has 1 aromatic heterocycles. The number of nitrogen functional groups attached to an aromatic ring is 1. The maximum Gasteiger partial charge on any atom is 0.134 e. The Labute approximate surface area is 148 Å². The van der Waals surface area contributed by atoms with E-state index in [9.17, 15) is 0 Å². The number of hydrogen-bond donors (Lipinski definition) is 1. The van der Waals surface area contributed by atoms with E-state index in [1.807, 2.05) is 30.3 Å².